The molecule has 2 aromatic rings. The van der Waals surface area contributed by atoms with E-state index >= 15 is 0 Å². The molecule has 0 aliphatic carbocycles. The van der Waals surface area contributed by atoms with Crippen molar-refractivity contribution in [2.24, 2.45) is 0 Å². The van der Waals surface area contributed by atoms with Gasteiger partial charge in [0.2, 0.25) is 0 Å². The Labute approximate surface area is 191 Å². The van der Waals surface area contributed by atoms with Crippen LogP contribution in [-0.4, -0.2) is 49.0 Å². The molecule has 1 fully saturated rings. The Morgan fingerprint density at radius 3 is 2.42 bits per heavy atom. The van der Waals surface area contributed by atoms with Crippen molar-refractivity contribution in [2.75, 3.05) is 31.6 Å². The molecule has 6 nitrogen and oxygen atoms in total. The average Bonchev–Trinajstić information content (AvgIpc) is 2.79. The van der Waals surface area contributed by atoms with E-state index in [4.69, 9.17) is 4.74 Å². The Hall–Kier alpha value is -3.07. The molecule has 1 aliphatic rings. The fraction of sp³-hybridized carbons (Fsp3) is 0.417. The Bertz CT molecular complexity index is 940. The maximum absolute atomic E-state index is 12.8. The minimum atomic E-state index is -4.49. The first-order chi connectivity index (χ1) is 15.7. The van der Waals surface area contributed by atoms with E-state index in [1.807, 2.05) is 0 Å². The Morgan fingerprint density at radius 1 is 1.09 bits per heavy atom. The number of halogens is 3. The van der Waals surface area contributed by atoms with Crippen molar-refractivity contribution in [1.82, 2.24) is 10.2 Å². The number of piperidine rings is 1. The van der Waals surface area contributed by atoms with E-state index in [-0.39, 0.29) is 24.2 Å². The predicted molar refractivity (Wildman–Crippen MR) is 119 cm³/mol. The standard InChI is InChI=1S/C24H28F3N3O3/c1-2-12-30-13-10-19(11-14-30)29-23(32)17-6-8-21(9-7-17)33-16-22(31)28-20-5-3-4-18(15-20)24(25,26)27/h3-9,15,19H,2,10-14,16H2,1H3,(H,28,31)(H,29,32). The molecule has 9 heteroatoms. The molecule has 0 bridgehead atoms. The largest absolute Gasteiger partial charge is 0.484 e. The summed E-state index contributed by atoms with van der Waals surface area (Å²) in [7, 11) is 0. The highest BCUT2D eigenvalue weighted by molar-refractivity contribution is 5.94. The lowest BCUT2D eigenvalue weighted by molar-refractivity contribution is -0.137. The summed E-state index contributed by atoms with van der Waals surface area (Å²) in [5.74, 6) is -0.373. The second-order valence-corrected chi connectivity index (χ2v) is 8.03. The molecule has 2 amide bonds. The fourth-order valence-electron chi connectivity index (χ4n) is 3.71. The smallest absolute Gasteiger partial charge is 0.416 e. The van der Waals surface area contributed by atoms with Gasteiger partial charge < -0.3 is 20.3 Å². The van der Waals surface area contributed by atoms with Crippen molar-refractivity contribution in [2.45, 2.75) is 38.4 Å². The molecule has 0 aromatic heterocycles. The van der Waals surface area contributed by atoms with E-state index in [1.54, 1.807) is 24.3 Å². The highest BCUT2D eigenvalue weighted by Crippen LogP contribution is 2.30. The predicted octanol–water partition coefficient (Wildman–Crippen LogP) is 4.33. The number of amides is 2. The van der Waals surface area contributed by atoms with Crippen LogP contribution < -0.4 is 15.4 Å². The molecule has 178 valence electrons. The Kier molecular flexibility index (Phi) is 8.32. The molecular weight excluding hydrogens is 435 g/mol. The van der Waals surface area contributed by atoms with Crippen molar-refractivity contribution in [3.63, 3.8) is 0 Å². The molecule has 33 heavy (non-hydrogen) atoms. The number of likely N-dealkylation sites (tertiary alicyclic amines) is 1. The van der Waals surface area contributed by atoms with Crippen LogP contribution in [0.3, 0.4) is 0 Å². The number of hydrogen-bond donors (Lipinski definition) is 2. The van der Waals surface area contributed by atoms with Gasteiger partial charge in [0.25, 0.3) is 11.8 Å². The highest BCUT2D eigenvalue weighted by atomic mass is 19.4. The summed E-state index contributed by atoms with van der Waals surface area (Å²) in [4.78, 5) is 26.9. The minimum absolute atomic E-state index is 0.0333. The average molecular weight is 464 g/mol. The quantitative estimate of drug-likeness (QED) is 0.612. The van der Waals surface area contributed by atoms with E-state index in [1.165, 1.54) is 12.1 Å². The minimum Gasteiger partial charge on any atom is -0.484 e. The zero-order chi connectivity index (χ0) is 23.8. The first kappa shape index (κ1) is 24.6. The highest BCUT2D eigenvalue weighted by Gasteiger charge is 2.30. The number of hydrogen-bond acceptors (Lipinski definition) is 4. The van der Waals surface area contributed by atoms with Gasteiger partial charge in [-0.3, -0.25) is 9.59 Å². The molecule has 0 atom stereocenters. The number of benzene rings is 2. The third-order valence-corrected chi connectivity index (χ3v) is 5.42. The molecular formula is C24H28F3N3O3. The molecule has 1 saturated heterocycles. The maximum atomic E-state index is 12.8. The molecule has 0 saturated carbocycles. The van der Waals surface area contributed by atoms with Gasteiger partial charge in [-0.25, -0.2) is 0 Å². The Morgan fingerprint density at radius 2 is 1.79 bits per heavy atom. The number of nitrogens with zero attached hydrogens (tertiary/aromatic N) is 1. The summed E-state index contributed by atoms with van der Waals surface area (Å²) in [6.07, 6.45) is -1.52. The van der Waals surface area contributed by atoms with Gasteiger partial charge >= 0.3 is 6.18 Å². The number of ether oxygens (including phenoxy) is 1. The number of nitrogens with one attached hydrogen (secondary N) is 2. The lowest BCUT2D eigenvalue weighted by Crippen LogP contribution is -2.44. The summed E-state index contributed by atoms with van der Waals surface area (Å²) >= 11 is 0. The maximum Gasteiger partial charge on any atom is 0.416 e. The van der Waals surface area contributed by atoms with Crippen molar-refractivity contribution >= 4 is 17.5 Å². The summed E-state index contributed by atoms with van der Waals surface area (Å²) in [6.45, 7) is 4.82. The molecule has 0 spiro atoms. The topological polar surface area (TPSA) is 70.7 Å². The summed E-state index contributed by atoms with van der Waals surface area (Å²) in [5.41, 5.74) is -0.320. The molecule has 1 heterocycles. The van der Waals surface area contributed by atoms with Crippen LogP contribution in [-0.2, 0) is 11.0 Å². The molecule has 0 unspecified atom stereocenters. The van der Waals surface area contributed by atoms with Crippen molar-refractivity contribution in [3.8, 4) is 5.75 Å². The number of anilines is 1. The van der Waals surface area contributed by atoms with E-state index in [0.29, 0.717) is 11.3 Å². The van der Waals surface area contributed by atoms with Crippen molar-refractivity contribution < 1.29 is 27.5 Å². The van der Waals surface area contributed by atoms with E-state index in [9.17, 15) is 22.8 Å². The number of carbonyl (C=O) groups is 2. The molecule has 0 radical (unpaired) electrons. The van der Waals surface area contributed by atoms with Gasteiger partial charge in [-0.2, -0.15) is 13.2 Å². The van der Waals surface area contributed by atoms with Gasteiger partial charge in [-0.05, 0) is 68.3 Å². The van der Waals surface area contributed by atoms with Gasteiger partial charge in [0, 0.05) is 30.4 Å². The lowest BCUT2D eigenvalue weighted by atomic mass is 10.0. The van der Waals surface area contributed by atoms with Crippen LogP contribution in [0.5, 0.6) is 5.75 Å². The third-order valence-electron chi connectivity index (χ3n) is 5.42. The van der Waals surface area contributed by atoms with Gasteiger partial charge in [-0.1, -0.05) is 13.0 Å². The molecule has 3 rings (SSSR count). The lowest BCUT2D eigenvalue weighted by Gasteiger charge is -2.32. The van der Waals surface area contributed by atoms with Crippen LogP contribution in [0.4, 0.5) is 18.9 Å². The fourth-order valence-corrected chi connectivity index (χ4v) is 3.71. The van der Waals surface area contributed by atoms with Crippen LogP contribution in [0.25, 0.3) is 0 Å². The van der Waals surface area contributed by atoms with Gasteiger partial charge in [0.15, 0.2) is 6.61 Å². The van der Waals surface area contributed by atoms with E-state index in [2.05, 4.69) is 22.5 Å². The van der Waals surface area contributed by atoms with Crippen LogP contribution in [0.1, 0.15) is 42.1 Å². The van der Waals surface area contributed by atoms with Crippen LogP contribution in [0, 0.1) is 0 Å². The number of rotatable bonds is 8. The van der Waals surface area contributed by atoms with E-state index in [0.717, 1.165) is 51.0 Å². The molecule has 1 aliphatic heterocycles. The monoisotopic (exact) mass is 463 g/mol. The van der Waals surface area contributed by atoms with Crippen molar-refractivity contribution in [3.05, 3.63) is 59.7 Å². The van der Waals surface area contributed by atoms with Crippen LogP contribution >= 0.6 is 0 Å². The summed E-state index contributed by atoms with van der Waals surface area (Å²) < 4.78 is 43.7. The SMILES string of the molecule is CCCN1CCC(NC(=O)c2ccc(OCC(=O)Nc3cccc(C(F)(F)F)c3)cc2)CC1. The van der Waals surface area contributed by atoms with Gasteiger partial charge in [0.1, 0.15) is 5.75 Å². The normalized spacial score (nSPS) is 15.2. The second kappa shape index (κ2) is 11.2. The van der Waals surface area contributed by atoms with Gasteiger partial charge in [0.05, 0.1) is 5.56 Å². The molecule has 2 aromatic carbocycles. The first-order valence-electron chi connectivity index (χ1n) is 11.0. The second-order valence-electron chi connectivity index (χ2n) is 8.03. The zero-order valence-corrected chi connectivity index (χ0v) is 18.5. The third kappa shape index (κ3) is 7.49. The Balaban J connectivity index is 1.45. The summed E-state index contributed by atoms with van der Waals surface area (Å²) in [6, 6.07) is 10.9. The van der Waals surface area contributed by atoms with Gasteiger partial charge in [-0.15, -0.1) is 0 Å². The summed E-state index contributed by atoms with van der Waals surface area (Å²) in [5, 5.41) is 5.44. The first-order valence-corrected chi connectivity index (χ1v) is 11.0. The number of carbonyl (C=O) groups excluding carboxylic acids is 2. The van der Waals surface area contributed by atoms with Crippen molar-refractivity contribution in [1.29, 1.82) is 0 Å². The molecule has 2 N–H and O–H groups in total. The number of alkyl halides is 3. The van der Waals surface area contributed by atoms with Crippen LogP contribution in [0.15, 0.2) is 48.5 Å². The van der Waals surface area contributed by atoms with E-state index < -0.39 is 17.6 Å². The zero-order valence-electron chi connectivity index (χ0n) is 18.5. The van der Waals surface area contributed by atoms with Crippen LogP contribution in [0.2, 0.25) is 0 Å².